The van der Waals surface area contributed by atoms with Crippen LogP contribution in [0.5, 0.6) is 0 Å². The fourth-order valence-electron chi connectivity index (χ4n) is 2.01. The van der Waals surface area contributed by atoms with Crippen LogP contribution in [0, 0.1) is 11.3 Å². The van der Waals surface area contributed by atoms with E-state index in [4.69, 9.17) is 16.9 Å². The molecule has 1 amide bonds. The molecule has 1 N–H and O–H groups in total. The van der Waals surface area contributed by atoms with Crippen LogP contribution in [0.15, 0.2) is 41.1 Å². The smallest absolute Gasteiger partial charge is 0.220 e. The number of carbonyl (C=O) groups is 1. The largest absolute Gasteiger partial charge is 0.345 e. The van der Waals surface area contributed by atoms with Gasteiger partial charge in [0.05, 0.1) is 12.1 Å². The average Bonchev–Trinajstić information content (AvgIpc) is 3.00. The molecule has 0 saturated carbocycles. The molecule has 1 aromatic carbocycles. The molecule has 0 saturated heterocycles. The summed E-state index contributed by atoms with van der Waals surface area (Å²) in [5, 5.41) is 16.2. The summed E-state index contributed by atoms with van der Waals surface area (Å²) < 4.78 is 0. The summed E-state index contributed by atoms with van der Waals surface area (Å²) in [5.74, 6) is -0.0450. The first-order chi connectivity index (χ1) is 10.2. The molecule has 0 bridgehead atoms. The van der Waals surface area contributed by atoms with E-state index in [0.29, 0.717) is 24.3 Å². The number of nitrogens with zero attached hydrogens (tertiary/aromatic N) is 1. The zero-order chi connectivity index (χ0) is 15.1. The van der Waals surface area contributed by atoms with Crippen molar-refractivity contribution >= 4 is 28.8 Å². The second-order valence-corrected chi connectivity index (χ2v) is 5.84. The SMILES string of the molecule is N#CCCCC(=O)N[C@H](c1ccc(Cl)cc1)c1ccsc1. The van der Waals surface area contributed by atoms with Gasteiger partial charge in [-0.2, -0.15) is 16.6 Å². The molecule has 5 heteroatoms. The summed E-state index contributed by atoms with van der Waals surface area (Å²) in [6, 6.07) is 11.3. The van der Waals surface area contributed by atoms with Crippen molar-refractivity contribution in [2.45, 2.75) is 25.3 Å². The first kappa shape index (κ1) is 15.6. The highest BCUT2D eigenvalue weighted by Crippen LogP contribution is 2.25. The maximum absolute atomic E-state index is 12.0. The molecular formula is C16H15ClN2OS. The van der Waals surface area contributed by atoms with E-state index in [1.54, 1.807) is 11.3 Å². The molecule has 108 valence electrons. The zero-order valence-electron chi connectivity index (χ0n) is 11.4. The van der Waals surface area contributed by atoms with Crippen LogP contribution < -0.4 is 5.32 Å². The minimum Gasteiger partial charge on any atom is -0.345 e. The van der Waals surface area contributed by atoms with Crippen molar-refractivity contribution in [1.82, 2.24) is 5.32 Å². The molecule has 2 rings (SSSR count). The van der Waals surface area contributed by atoms with Crippen molar-refractivity contribution in [3.05, 3.63) is 57.2 Å². The summed E-state index contributed by atoms with van der Waals surface area (Å²) in [7, 11) is 0. The number of hydrogen-bond acceptors (Lipinski definition) is 3. The lowest BCUT2D eigenvalue weighted by Gasteiger charge is -2.18. The number of carbonyl (C=O) groups excluding carboxylic acids is 1. The summed E-state index contributed by atoms with van der Waals surface area (Å²) in [4.78, 5) is 12.0. The molecule has 0 unspecified atom stereocenters. The first-order valence-electron chi connectivity index (χ1n) is 6.64. The Morgan fingerprint density at radius 3 is 2.67 bits per heavy atom. The van der Waals surface area contributed by atoms with Crippen molar-refractivity contribution in [3.8, 4) is 6.07 Å². The van der Waals surface area contributed by atoms with Crippen LogP contribution in [0.25, 0.3) is 0 Å². The molecule has 0 spiro atoms. The predicted molar refractivity (Wildman–Crippen MR) is 85.2 cm³/mol. The monoisotopic (exact) mass is 318 g/mol. The van der Waals surface area contributed by atoms with Crippen molar-refractivity contribution < 1.29 is 4.79 Å². The van der Waals surface area contributed by atoms with Gasteiger partial charge >= 0.3 is 0 Å². The highest BCUT2D eigenvalue weighted by atomic mass is 35.5. The van der Waals surface area contributed by atoms with E-state index < -0.39 is 0 Å². The lowest BCUT2D eigenvalue weighted by atomic mass is 10.0. The van der Waals surface area contributed by atoms with Crippen LogP contribution in [-0.2, 0) is 4.79 Å². The van der Waals surface area contributed by atoms with E-state index >= 15 is 0 Å². The first-order valence-corrected chi connectivity index (χ1v) is 7.96. The number of amides is 1. The van der Waals surface area contributed by atoms with Gasteiger partial charge in [-0.15, -0.1) is 0 Å². The van der Waals surface area contributed by atoms with Gasteiger partial charge in [0.2, 0.25) is 5.91 Å². The van der Waals surface area contributed by atoms with E-state index in [1.165, 1.54) is 0 Å². The number of benzene rings is 1. The Morgan fingerprint density at radius 1 is 1.29 bits per heavy atom. The molecule has 1 heterocycles. The third-order valence-corrected chi connectivity index (χ3v) is 4.03. The Balaban J connectivity index is 2.12. The molecule has 3 nitrogen and oxygen atoms in total. The molecule has 0 fully saturated rings. The number of thiophene rings is 1. The molecule has 0 aliphatic heterocycles. The Bertz CT molecular complexity index is 617. The van der Waals surface area contributed by atoms with Gasteiger partial charge in [0, 0.05) is 17.9 Å². The van der Waals surface area contributed by atoms with Crippen LogP contribution in [-0.4, -0.2) is 5.91 Å². The third-order valence-electron chi connectivity index (χ3n) is 3.08. The second-order valence-electron chi connectivity index (χ2n) is 4.62. The van der Waals surface area contributed by atoms with Crippen molar-refractivity contribution in [2.24, 2.45) is 0 Å². The molecule has 0 aliphatic rings. The fourth-order valence-corrected chi connectivity index (χ4v) is 2.83. The molecule has 0 aliphatic carbocycles. The summed E-state index contributed by atoms with van der Waals surface area (Å²) in [6.07, 6.45) is 1.35. The van der Waals surface area contributed by atoms with E-state index in [2.05, 4.69) is 5.32 Å². The number of halogens is 1. The lowest BCUT2D eigenvalue weighted by molar-refractivity contribution is -0.121. The highest BCUT2D eigenvalue weighted by molar-refractivity contribution is 7.08. The number of rotatable bonds is 6. The van der Waals surface area contributed by atoms with E-state index in [1.807, 2.05) is 47.2 Å². The van der Waals surface area contributed by atoms with Gasteiger partial charge in [-0.3, -0.25) is 4.79 Å². The van der Waals surface area contributed by atoms with Crippen LogP contribution in [0.2, 0.25) is 5.02 Å². The summed E-state index contributed by atoms with van der Waals surface area (Å²) in [5.41, 5.74) is 2.04. The molecule has 0 radical (unpaired) electrons. The Labute approximate surface area is 133 Å². The Morgan fingerprint density at radius 2 is 2.05 bits per heavy atom. The zero-order valence-corrected chi connectivity index (χ0v) is 13.0. The Kier molecular flexibility index (Phi) is 5.79. The van der Waals surface area contributed by atoms with Crippen molar-refractivity contribution in [3.63, 3.8) is 0 Å². The highest BCUT2D eigenvalue weighted by Gasteiger charge is 2.17. The van der Waals surface area contributed by atoms with Gasteiger partial charge in [-0.05, 0) is 46.5 Å². The van der Waals surface area contributed by atoms with Gasteiger partial charge in [-0.25, -0.2) is 0 Å². The van der Waals surface area contributed by atoms with Gasteiger partial charge in [0.15, 0.2) is 0 Å². The van der Waals surface area contributed by atoms with Crippen LogP contribution in [0.4, 0.5) is 0 Å². The van der Waals surface area contributed by atoms with Gasteiger partial charge < -0.3 is 5.32 Å². The van der Waals surface area contributed by atoms with Crippen LogP contribution in [0.3, 0.4) is 0 Å². The summed E-state index contributed by atoms with van der Waals surface area (Å²) >= 11 is 7.51. The molecule has 2 aromatic rings. The topological polar surface area (TPSA) is 52.9 Å². The summed E-state index contributed by atoms with van der Waals surface area (Å²) in [6.45, 7) is 0. The maximum atomic E-state index is 12.0. The van der Waals surface area contributed by atoms with Crippen LogP contribution in [0.1, 0.15) is 36.4 Å². The number of nitrogens with one attached hydrogen (secondary N) is 1. The molecule has 1 atom stereocenters. The lowest BCUT2D eigenvalue weighted by Crippen LogP contribution is -2.28. The van der Waals surface area contributed by atoms with Gasteiger partial charge in [0.25, 0.3) is 0 Å². The minimum atomic E-state index is -0.178. The standard InChI is InChI=1S/C16H15ClN2OS/c17-14-6-4-12(5-7-14)16(13-8-10-21-11-13)19-15(20)3-1-2-9-18/h4-8,10-11,16H,1-3H2,(H,19,20)/t16-/m1/s1. The quantitative estimate of drug-likeness (QED) is 0.807. The van der Waals surface area contributed by atoms with Crippen molar-refractivity contribution in [2.75, 3.05) is 0 Å². The van der Waals surface area contributed by atoms with Crippen molar-refractivity contribution in [1.29, 1.82) is 5.26 Å². The van der Waals surface area contributed by atoms with E-state index in [9.17, 15) is 4.79 Å². The molecule has 21 heavy (non-hydrogen) atoms. The maximum Gasteiger partial charge on any atom is 0.220 e. The van der Waals surface area contributed by atoms with Gasteiger partial charge in [-0.1, -0.05) is 23.7 Å². The fraction of sp³-hybridized carbons (Fsp3) is 0.250. The van der Waals surface area contributed by atoms with Gasteiger partial charge in [0.1, 0.15) is 0 Å². The normalized spacial score (nSPS) is 11.6. The minimum absolute atomic E-state index is 0.0450. The average molecular weight is 319 g/mol. The predicted octanol–water partition coefficient (Wildman–Crippen LogP) is 4.30. The number of unbranched alkanes of at least 4 members (excludes halogenated alkanes) is 1. The number of hydrogen-bond donors (Lipinski definition) is 1. The Hall–Kier alpha value is -1.83. The van der Waals surface area contributed by atoms with E-state index in [-0.39, 0.29) is 11.9 Å². The molecule has 1 aromatic heterocycles. The van der Waals surface area contributed by atoms with E-state index in [0.717, 1.165) is 11.1 Å². The van der Waals surface area contributed by atoms with Crippen LogP contribution >= 0.6 is 22.9 Å². The number of nitriles is 1. The third kappa shape index (κ3) is 4.59. The molecular weight excluding hydrogens is 304 g/mol. The second kappa shape index (κ2) is 7.82.